The molecule has 0 saturated heterocycles. The van der Waals surface area contributed by atoms with E-state index >= 15 is 0 Å². The van der Waals surface area contributed by atoms with E-state index in [-0.39, 0.29) is 11.0 Å². The Labute approximate surface area is 130 Å². The Bertz CT molecular complexity index is 421. The van der Waals surface area contributed by atoms with Crippen molar-refractivity contribution in [2.24, 2.45) is 0 Å². The zero-order valence-corrected chi connectivity index (χ0v) is 14.5. The first-order valence-electron chi connectivity index (χ1n) is 7.72. The third-order valence-electron chi connectivity index (χ3n) is 3.57. The molecule has 0 aliphatic rings. The van der Waals surface area contributed by atoms with Crippen LogP contribution in [0.5, 0.6) is 5.75 Å². The first-order chi connectivity index (χ1) is 9.76. The largest absolute Gasteiger partial charge is 0.491 e. The van der Waals surface area contributed by atoms with Crippen LogP contribution in [0.15, 0.2) is 24.3 Å². The van der Waals surface area contributed by atoms with Gasteiger partial charge in [-0.1, -0.05) is 32.0 Å². The lowest BCUT2D eigenvalue weighted by Gasteiger charge is -2.30. The minimum absolute atomic E-state index is 0.0713. The van der Waals surface area contributed by atoms with E-state index in [0.29, 0.717) is 13.2 Å². The Kier molecular flexibility index (Phi) is 6.69. The maximum Gasteiger partial charge on any atom is 0.123 e. The van der Waals surface area contributed by atoms with Gasteiger partial charge in [0, 0.05) is 12.6 Å². The zero-order valence-electron chi connectivity index (χ0n) is 14.5. The third-order valence-corrected chi connectivity index (χ3v) is 3.57. The molecule has 120 valence electrons. The number of nitrogens with one attached hydrogen (secondary N) is 1. The fourth-order valence-electron chi connectivity index (χ4n) is 2.27. The Balaban J connectivity index is 2.72. The van der Waals surface area contributed by atoms with Gasteiger partial charge in [0.25, 0.3) is 0 Å². The van der Waals surface area contributed by atoms with Gasteiger partial charge in [-0.05, 0) is 50.8 Å². The van der Waals surface area contributed by atoms with Crippen molar-refractivity contribution in [1.82, 2.24) is 5.32 Å². The van der Waals surface area contributed by atoms with E-state index in [4.69, 9.17) is 9.47 Å². The molecule has 1 N–H and O–H groups in total. The SMILES string of the molecule is COCCOc1ccccc1C(C)(C)CCNC(C)(C)C. The summed E-state index contributed by atoms with van der Waals surface area (Å²) in [5.41, 5.74) is 1.49. The monoisotopic (exact) mass is 293 g/mol. The molecule has 0 saturated carbocycles. The molecule has 3 heteroatoms. The van der Waals surface area contributed by atoms with Gasteiger partial charge >= 0.3 is 0 Å². The minimum atomic E-state index is 0.0713. The molecule has 1 rings (SSSR count). The molecule has 21 heavy (non-hydrogen) atoms. The maximum absolute atomic E-state index is 5.87. The summed E-state index contributed by atoms with van der Waals surface area (Å²) in [6.45, 7) is 13.3. The second kappa shape index (κ2) is 7.81. The molecule has 0 atom stereocenters. The normalized spacial score (nSPS) is 12.5. The molecule has 0 unspecified atom stereocenters. The topological polar surface area (TPSA) is 30.5 Å². The van der Waals surface area contributed by atoms with E-state index in [1.807, 2.05) is 12.1 Å². The fraction of sp³-hybridized carbons (Fsp3) is 0.667. The highest BCUT2D eigenvalue weighted by atomic mass is 16.5. The lowest BCUT2D eigenvalue weighted by Crippen LogP contribution is -2.38. The predicted molar refractivity (Wildman–Crippen MR) is 89.2 cm³/mol. The van der Waals surface area contributed by atoms with E-state index in [0.717, 1.165) is 18.7 Å². The van der Waals surface area contributed by atoms with Gasteiger partial charge in [0.15, 0.2) is 0 Å². The number of methoxy groups -OCH3 is 1. The molecular formula is C18H31NO2. The molecule has 1 aromatic rings. The number of hydrogen-bond acceptors (Lipinski definition) is 3. The van der Waals surface area contributed by atoms with E-state index in [1.165, 1.54) is 5.56 Å². The highest BCUT2D eigenvalue weighted by Crippen LogP contribution is 2.34. The van der Waals surface area contributed by atoms with Crippen molar-refractivity contribution >= 4 is 0 Å². The molecule has 0 fully saturated rings. The van der Waals surface area contributed by atoms with E-state index in [2.05, 4.69) is 52.1 Å². The first-order valence-corrected chi connectivity index (χ1v) is 7.72. The van der Waals surface area contributed by atoms with Crippen molar-refractivity contribution in [3.8, 4) is 5.75 Å². The molecule has 0 spiro atoms. The summed E-state index contributed by atoms with van der Waals surface area (Å²) in [4.78, 5) is 0. The van der Waals surface area contributed by atoms with Crippen molar-refractivity contribution in [2.45, 2.75) is 52.0 Å². The van der Waals surface area contributed by atoms with Gasteiger partial charge < -0.3 is 14.8 Å². The van der Waals surface area contributed by atoms with Gasteiger partial charge in [-0.2, -0.15) is 0 Å². The molecule has 0 heterocycles. The standard InChI is InChI=1S/C18H31NO2/c1-17(2,3)19-12-11-18(4,5)15-9-7-8-10-16(15)21-14-13-20-6/h7-10,19H,11-14H2,1-6H3. The number of ether oxygens (including phenoxy) is 2. The molecule has 0 aromatic heterocycles. The summed E-state index contributed by atoms with van der Waals surface area (Å²) < 4.78 is 10.9. The van der Waals surface area contributed by atoms with Gasteiger partial charge in [0.2, 0.25) is 0 Å². The van der Waals surface area contributed by atoms with Crippen LogP contribution < -0.4 is 10.1 Å². The Morgan fingerprint density at radius 1 is 1.00 bits per heavy atom. The van der Waals surface area contributed by atoms with Crippen LogP contribution in [0.4, 0.5) is 0 Å². The van der Waals surface area contributed by atoms with E-state index < -0.39 is 0 Å². The number of para-hydroxylation sites is 1. The molecule has 0 radical (unpaired) electrons. The van der Waals surface area contributed by atoms with Crippen LogP contribution in [-0.2, 0) is 10.2 Å². The molecule has 0 bridgehead atoms. The van der Waals surface area contributed by atoms with Gasteiger partial charge in [-0.3, -0.25) is 0 Å². The first kappa shape index (κ1) is 18.0. The lowest BCUT2D eigenvalue weighted by atomic mass is 9.81. The summed E-state index contributed by atoms with van der Waals surface area (Å²) >= 11 is 0. The third kappa shape index (κ3) is 6.49. The second-order valence-corrected chi connectivity index (χ2v) is 7.15. The number of rotatable bonds is 8. The Morgan fingerprint density at radius 3 is 2.29 bits per heavy atom. The van der Waals surface area contributed by atoms with Crippen molar-refractivity contribution in [3.63, 3.8) is 0 Å². The Hall–Kier alpha value is -1.06. The zero-order chi connectivity index (χ0) is 15.9. The predicted octanol–water partition coefficient (Wildman–Crippen LogP) is 3.77. The van der Waals surface area contributed by atoms with Crippen LogP contribution in [0.2, 0.25) is 0 Å². The molecule has 0 aliphatic heterocycles. The quantitative estimate of drug-likeness (QED) is 0.740. The van der Waals surface area contributed by atoms with Crippen LogP contribution >= 0.6 is 0 Å². The van der Waals surface area contributed by atoms with Crippen molar-refractivity contribution in [2.75, 3.05) is 26.9 Å². The van der Waals surface area contributed by atoms with Gasteiger partial charge in [0.05, 0.1) is 6.61 Å². The van der Waals surface area contributed by atoms with Crippen LogP contribution in [0.1, 0.15) is 46.6 Å². The molecule has 1 aromatic carbocycles. The Morgan fingerprint density at radius 2 is 1.67 bits per heavy atom. The summed E-state index contributed by atoms with van der Waals surface area (Å²) in [7, 11) is 1.69. The van der Waals surface area contributed by atoms with Crippen LogP contribution in [0.3, 0.4) is 0 Å². The average molecular weight is 293 g/mol. The van der Waals surface area contributed by atoms with Crippen LogP contribution in [0, 0.1) is 0 Å². The summed E-state index contributed by atoms with van der Waals surface area (Å²) in [5, 5.41) is 3.56. The van der Waals surface area contributed by atoms with Gasteiger partial charge in [0.1, 0.15) is 12.4 Å². The van der Waals surface area contributed by atoms with E-state index in [1.54, 1.807) is 7.11 Å². The molecule has 3 nitrogen and oxygen atoms in total. The van der Waals surface area contributed by atoms with Gasteiger partial charge in [-0.25, -0.2) is 0 Å². The van der Waals surface area contributed by atoms with Crippen LogP contribution in [-0.4, -0.2) is 32.4 Å². The summed E-state index contributed by atoms with van der Waals surface area (Å²) in [5.74, 6) is 0.968. The number of benzene rings is 1. The smallest absolute Gasteiger partial charge is 0.123 e. The van der Waals surface area contributed by atoms with E-state index in [9.17, 15) is 0 Å². The van der Waals surface area contributed by atoms with Gasteiger partial charge in [-0.15, -0.1) is 0 Å². The van der Waals surface area contributed by atoms with Crippen molar-refractivity contribution in [1.29, 1.82) is 0 Å². The fourth-order valence-corrected chi connectivity index (χ4v) is 2.27. The molecule has 0 aliphatic carbocycles. The highest BCUT2D eigenvalue weighted by molar-refractivity contribution is 5.38. The summed E-state index contributed by atoms with van der Waals surface area (Å²) in [6, 6.07) is 8.32. The minimum Gasteiger partial charge on any atom is -0.491 e. The molecule has 0 amide bonds. The summed E-state index contributed by atoms with van der Waals surface area (Å²) in [6.07, 6.45) is 1.06. The van der Waals surface area contributed by atoms with Crippen molar-refractivity contribution < 1.29 is 9.47 Å². The highest BCUT2D eigenvalue weighted by Gasteiger charge is 2.24. The molecular weight excluding hydrogens is 262 g/mol. The van der Waals surface area contributed by atoms with Crippen LogP contribution in [0.25, 0.3) is 0 Å². The van der Waals surface area contributed by atoms with Crippen molar-refractivity contribution in [3.05, 3.63) is 29.8 Å². The number of hydrogen-bond donors (Lipinski definition) is 1. The maximum atomic E-state index is 5.87. The lowest BCUT2D eigenvalue weighted by molar-refractivity contribution is 0.145. The second-order valence-electron chi connectivity index (χ2n) is 7.15. The average Bonchev–Trinajstić information content (AvgIpc) is 2.37.